The van der Waals surface area contributed by atoms with E-state index in [1.54, 1.807) is 12.1 Å². The van der Waals surface area contributed by atoms with Crippen LogP contribution >= 0.6 is 7.59 Å². The average molecular weight is 468 g/mol. The van der Waals surface area contributed by atoms with Gasteiger partial charge in [-0.05, 0) is 58.7 Å². The number of fused-ring (bicyclic) bond motifs is 1. The van der Waals surface area contributed by atoms with Gasteiger partial charge < -0.3 is 0 Å². The fourth-order valence-corrected chi connectivity index (χ4v) is 9.13. The van der Waals surface area contributed by atoms with Gasteiger partial charge in [-0.25, -0.2) is 18.8 Å². The third-order valence-corrected chi connectivity index (χ3v) is 10.1. The molecule has 1 saturated carbocycles. The van der Waals surface area contributed by atoms with E-state index in [1.165, 1.54) is 6.07 Å². The Balaban J connectivity index is 1.79. The molecule has 4 rings (SSSR count). The van der Waals surface area contributed by atoms with Crippen molar-refractivity contribution in [2.24, 2.45) is 0 Å². The van der Waals surface area contributed by atoms with Gasteiger partial charge in [-0.1, -0.05) is 61.1 Å². The number of hydrogen-bond donors (Lipinski definition) is 1. The standard InChI is InChI=1S/C27H35FN3OP/c1-20(2)30-26-16-10-11-17-27(26)31(21(3)4)33(30,32)29-25(23-14-8-9-15-24(23)28)19-18-22-12-6-5-7-13-22/h5-9,12-15,20-21,25-27H,10-11,16-17H2,1-4H3,(H,29,32)/t25-,26-,27-/m1/s1. The van der Waals surface area contributed by atoms with Crippen molar-refractivity contribution in [3.8, 4) is 11.8 Å². The maximum absolute atomic E-state index is 15.0. The molecule has 1 N–H and O–H groups in total. The number of nitrogens with one attached hydrogen (secondary N) is 1. The van der Waals surface area contributed by atoms with Crippen LogP contribution in [0.3, 0.4) is 0 Å². The molecule has 6 heteroatoms. The van der Waals surface area contributed by atoms with Gasteiger partial charge in [0.25, 0.3) is 7.59 Å². The summed E-state index contributed by atoms with van der Waals surface area (Å²) in [6, 6.07) is 16.3. The summed E-state index contributed by atoms with van der Waals surface area (Å²) in [4.78, 5) is 0. The Labute approximate surface area is 198 Å². The van der Waals surface area contributed by atoms with Crippen LogP contribution in [0.4, 0.5) is 4.39 Å². The number of halogens is 1. The summed E-state index contributed by atoms with van der Waals surface area (Å²) in [7, 11) is -3.22. The first-order valence-corrected chi connectivity index (χ1v) is 13.7. The van der Waals surface area contributed by atoms with Gasteiger partial charge >= 0.3 is 0 Å². The minimum absolute atomic E-state index is 0.0982. The van der Waals surface area contributed by atoms with E-state index >= 15 is 0 Å². The Morgan fingerprint density at radius 1 is 0.909 bits per heavy atom. The Hall–Kier alpha value is -1.96. The van der Waals surface area contributed by atoms with Crippen molar-refractivity contribution in [3.63, 3.8) is 0 Å². The third-order valence-electron chi connectivity index (χ3n) is 6.71. The molecule has 0 spiro atoms. The Kier molecular flexibility index (Phi) is 7.41. The second-order valence-corrected chi connectivity index (χ2v) is 11.9. The zero-order chi connectivity index (χ0) is 23.6. The zero-order valence-electron chi connectivity index (χ0n) is 20.0. The fraction of sp³-hybridized carbons (Fsp3) is 0.481. The molecule has 176 valence electrons. The molecule has 1 aliphatic heterocycles. The molecule has 0 aromatic heterocycles. The van der Waals surface area contributed by atoms with E-state index in [1.807, 2.05) is 36.4 Å². The largest absolute Gasteiger partial charge is 0.286 e. The monoisotopic (exact) mass is 467 g/mol. The molecule has 2 aliphatic rings. The van der Waals surface area contributed by atoms with E-state index < -0.39 is 13.6 Å². The summed E-state index contributed by atoms with van der Waals surface area (Å²) in [5, 5.41) is 3.43. The summed E-state index contributed by atoms with van der Waals surface area (Å²) < 4.78 is 34.3. The average Bonchev–Trinajstić information content (AvgIpc) is 3.06. The molecule has 1 saturated heterocycles. The summed E-state index contributed by atoms with van der Waals surface area (Å²) in [6.45, 7) is 8.43. The molecule has 3 atom stereocenters. The van der Waals surface area contributed by atoms with Crippen molar-refractivity contribution >= 4 is 7.59 Å². The number of hydrogen-bond acceptors (Lipinski definition) is 1. The quantitative estimate of drug-likeness (QED) is 0.410. The van der Waals surface area contributed by atoms with E-state index in [0.717, 1.165) is 31.2 Å². The maximum Gasteiger partial charge on any atom is 0.286 e. The van der Waals surface area contributed by atoms with Gasteiger partial charge in [0.1, 0.15) is 11.9 Å². The molecule has 0 bridgehead atoms. The molecule has 0 amide bonds. The van der Waals surface area contributed by atoms with Crippen molar-refractivity contribution < 1.29 is 8.96 Å². The molecular formula is C27H35FN3OP. The van der Waals surface area contributed by atoms with E-state index in [-0.39, 0.29) is 30.0 Å². The predicted octanol–water partition coefficient (Wildman–Crippen LogP) is 6.36. The Morgan fingerprint density at radius 2 is 1.45 bits per heavy atom. The van der Waals surface area contributed by atoms with E-state index in [2.05, 4.69) is 54.0 Å². The zero-order valence-corrected chi connectivity index (χ0v) is 20.9. The highest BCUT2D eigenvalue weighted by molar-refractivity contribution is 7.57. The van der Waals surface area contributed by atoms with Crippen molar-refractivity contribution in [3.05, 3.63) is 71.5 Å². The van der Waals surface area contributed by atoms with Crippen molar-refractivity contribution in [2.75, 3.05) is 0 Å². The molecule has 2 fully saturated rings. The lowest BCUT2D eigenvalue weighted by Crippen LogP contribution is -2.43. The van der Waals surface area contributed by atoms with Gasteiger partial charge in [0.15, 0.2) is 0 Å². The smallest absolute Gasteiger partial charge is 0.270 e. The van der Waals surface area contributed by atoms with E-state index in [4.69, 9.17) is 0 Å². The van der Waals surface area contributed by atoms with Crippen LogP contribution in [-0.2, 0) is 4.57 Å². The lowest BCUT2D eigenvalue weighted by Gasteiger charge is -2.37. The van der Waals surface area contributed by atoms with Gasteiger partial charge in [0.2, 0.25) is 0 Å². The van der Waals surface area contributed by atoms with E-state index in [9.17, 15) is 8.96 Å². The maximum atomic E-state index is 15.0. The highest BCUT2D eigenvalue weighted by Crippen LogP contribution is 2.63. The van der Waals surface area contributed by atoms with E-state index in [0.29, 0.717) is 5.56 Å². The predicted molar refractivity (Wildman–Crippen MR) is 133 cm³/mol. The summed E-state index contributed by atoms with van der Waals surface area (Å²) in [6.07, 6.45) is 4.39. The van der Waals surface area contributed by atoms with Gasteiger partial charge in [0.05, 0.1) is 0 Å². The van der Waals surface area contributed by atoms with Crippen LogP contribution in [0.2, 0.25) is 0 Å². The van der Waals surface area contributed by atoms with Crippen LogP contribution in [0.25, 0.3) is 0 Å². The topological polar surface area (TPSA) is 35.6 Å². The summed E-state index contributed by atoms with van der Waals surface area (Å²) >= 11 is 0. The normalized spacial score (nSPS) is 23.8. The van der Waals surface area contributed by atoms with Crippen LogP contribution in [0, 0.1) is 17.7 Å². The molecule has 33 heavy (non-hydrogen) atoms. The fourth-order valence-electron chi connectivity index (χ4n) is 5.49. The second kappa shape index (κ2) is 10.1. The molecule has 1 aliphatic carbocycles. The molecule has 2 aromatic carbocycles. The van der Waals surface area contributed by atoms with Crippen LogP contribution < -0.4 is 5.09 Å². The van der Waals surface area contributed by atoms with Gasteiger partial charge in [-0.15, -0.1) is 0 Å². The first-order valence-electron chi connectivity index (χ1n) is 12.1. The first-order chi connectivity index (χ1) is 15.8. The van der Waals surface area contributed by atoms with Crippen molar-refractivity contribution in [1.29, 1.82) is 0 Å². The minimum Gasteiger partial charge on any atom is -0.270 e. The molecule has 0 unspecified atom stereocenters. The summed E-state index contributed by atoms with van der Waals surface area (Å²) in [5.74, 6) is 6.05. The highest BCUT2D eigenvalue weighted by Gasteiger charge is 2.57. The third kappa shape index (κ3) is 4.81. The van der Waals surface area contributed by atoms with Crippen molar-refractivity contribution in [1.82, 2.24) is 14.4 Å². The van der Waals surface area contributed by atoms with Crippen LogP contribution in [0.5, 0.6) is 0 Å². The van der Waals surface area contributed by atoms with Crippen LogP contribution in [0.15, 0.2) is 54.6 Å². The summed E-state index contributed by atoms with van der Waals surface area (Å²) in [5.41, 5.74) is 1.28. The molecule has 2 aromatic rings. The molecule has 4 nitrogen and oxygen atoms in total. The minimum atomic E-state index is -3.22. The van der Waals surface area contributed by atoms with Gasteiger partial charge in [0, 0.05) is 35.3 Å². The molecule has 1 heterocycles. The highest BCUT2D eigenvalue weighted by atomic mass is 31.2. The molecular weight excluding hydrogens is 432 g/mol. The van der Waals surface area contributed by atoms with Crippen LogP contribution in [0.1, 0.15) is 70.5 Å². The lowest BCUT2D eigenvalue weighted by atomic mass is 9.89. The lowest BCUT2D eigenvalue weighted by molar-refractivity contribution is 0.173. The number of rotatable bonds is 5. The van der Waals surface area contributed by atoms with Crippen LogP contribution in [-0.4, -0.2) is 33.5 Å². The number of benzene rings is 2. The Morgan fingerprint density at radius 3 is 2.00 bits per heavy atom. The first kappa shape index (κ1) is 24.2. The second-order valence-electron chi connectivity index (χ2n) is 9.63. The Bertz CT molecular complexity index is 1030. The van der Waals surface area contributed by atoms with Crippen molar-refractivity contribution in [2.45, 2.75) is 83.6 Å². The SMILES string of the molecule is CC(C)N1[C@@H]2CCCC[C@H]2N(C(C)C)P1(=O)N[C@H](C#Cc1ccccc1)c1ccccc1F. The number of nitrogens with zero attached hydrogens (tertiary/aromatic N) is 2. The molecule has 0 radical (unpaired) electrons. The van der Waals surface area contributed by atoms with Gasteiger partial charge in [-0.2, -0.15) is 0 Å². The van der Waals surface area contributed by atoms with Gasteiger partial charge in [-0.3, -0.25) is 4.57 Å².